The van der Waals surface area contributed by atoms with E-state index in [4.69, 9.17) is 4.74 Å². The fraction of sp³-hybridized carbons (Fsp3) is 0.917. The molecule has 0 heterocycles. The van der Waals surface area contributed by atoms with Gasteiger partial charge in [0.2, 0.25) is 5.67 Å². The lowest BCUT2D eigenvalue weighted by atomic mass is 9.82. The first-order chi connectivity index (χ1) is 7.06. The third kappa shape index (κ3) is 3.47. The molecule has 0 radical (unpaired) electrons. The molecule has 0 spiro atoms. The van der Waals surface area contributed by atoms with Gasteiger partial charge < -0.3 is 4.74 Å². The number of carbonyl (C=O) groups excluding carboxylic acids is 1. The summed E-state index contributed by atoms with van der Waals surface area (Å²) in [5.41, 5.74) is -1.79. The summed E-state index contributed by atoms with van der Waals surface area (Å²) in [5, 5.41) is 0. The molecule has 0 aromatic carbocycles. The van der Waals surface area contributed by atoms with Crippen molar-refractivity contribution in [2.75, 3.05) is 6.61 Å². The van der Waals surface area contributed by atoms with E-state index in [1.54, 1.807) is 13.8 Å². The molecular formula is C12H23FO2. The maximum absolute atomic E-state index is 14.5. The van der Waals surface area contributed by atoms with Crippen molar-refractivity contribution in [2.45, 2.75) is 59.0 Å². The fourth-order valence-electron chi connectivity index (χ4n) is 1.96. The Labute approximate surface area is 92.2 Å². The molecule has 15 heavy (non-hydrogen) atoms. The molecule has 3 heteroatoms. The quantitative estimate of drug-likeness (QED) is 0.611. The number of hydrogen-bond donors (Lipinski definition) is 0. The van der Waals surface area contributed by atoms with Crippen molar-refractivity contribution in [3.05, 3.63) is 0 Å². The molecule has 2 atom stereocenters. The predicted molar refractivity (Wildman–Crippen MR) is 59.5 cm³/mol. The van der Waals surface area contributed by atoms with Gasteiger partial charge in [-0.2, -0.15) is 0 Å². The number of ether oxygens (including phenoxy) is 1. The molecule has 90 valence electrons. The number of halogens is 1. The predicted octanol–water partition coefficient (Wildman–Crippen LogP) is 3.49. The first-order valence-electron chi connectivity index (χ1n) is 5.92. The number of rotatable bonds is 7. The summed E-state index contributed by atoms with van der Waals surface area (Å²) in [5.74, 6) is -0.903. The molecule has 2 nitrogen and oxygen atoms in total. The molecule has 0 aliphatic carbocycles. The van der Waals surface area contributed by atoms with Gasteiger partial charge in [0.05, 0.1) is 6.61 Å². The maximum Gasteiger partial charge on any atom is 0.344 e. The third-order valence-electron chi connectivity index (χ3n) is 2.91. The van der Waals surface area contributed by atoms with Crippen LogP contribution in [0.1, 0.15) is 53.4 Å². The Morgan fingerprint density at radius 2 is 1.93 bits per heavy atom. The Morgan fingerprint density at radius 1 is 1.33 bits per heavy atom. The number of carbonyl (C=O) groups is 1. The summed E-state index contributed by atoms with van der Waals surface area (Å²) in [4.78, 5) is 11.6. The summed E-state index contributed by atoms with van der Waals surface area (Å²) in [6.45, 7) is 7.57. The van der Waals surface area contributed by atoms with Gasteiger partial charge in [0.15, 0.2) is 0 Å². The second kappa shape index (κ2) is 6.81. The lowest BCUT2D eigenvalue weighted by Gasteiger charge is -2.30. The minimum Gasteiger partial charge on any atom is -0.464 e. The number of esters is 1. The number of hydrogen-bond acceptors (Lipinski definition) is 2. The average molecular weight is 218 g/mol. The van der Waals surface area contributed by atoms with Crippen LogP contribution >= 0.6 is 0 Å². The first kappa shape index (κ1) is 14.4. The van der Waals surface area contributed by atoms with Crippen LogP contribution in [0.15, 0.2) is 0 Å². The van der Waals surface area contributed by atoms with Crippen molar-refractivity contribution < 1.29 is 13.9 Å². The molecule has 0 amide bonds. The Kier molecular flexibility index (Phi) is 6.53. The van der Waals surface area contributed by atoms with Gasteiger partial charge in [0.25, 0.3) is 0 Å². The van der Waals surface area contributed by atoms with Crippen molar-refractivity contribution in [3.63, 3.8) is 0 Å². The van der Waals surface area contributed by atoms with E-state index in [0.717, 1.165) is 12.8 Å². The van der Waals surface area contributed by atoms with Gasteiger partial charge in [-0.25, -0.2) is 9.18 Å². The molecule has 0 saturated carbocycles. The van der Waals surface area contributed by atoms with Crippen molar-refractivity contribution in [2.24, 2.45) is 5.92 Å². The van der Waals surface area contributed by atoms with Crippen LogP contribution in [-0.2, 0) is 9.53 Å². The van der Waals surface area contributed by atoms with E-state index in [-0.39, 0.29) is 18.9 Å². The third-order valence-corrected chi connectivity index (χ3v) is 2.91. The highest BCUT2D eigenvalue weighted by Gasteiger charge is 2.44. The SMILES string of the molecule is CCCC(CC)C(F)(CC)C(=O)OCC. The normalized spacial score (nSPS) is 16.9. The largest absolute Gasteiger partial charge is 0.464 e. The topological polar surface area (TPSA) is 26.3 Å². The van der Waals surface area contributed by atoms with Crippen LogP contribution in [0.4, 0.5) is 4.39 Å². The molecule has 0 rings (SSSR count). The number of alkyl halides is 1. The Morgan fingerprint density at radius 3 is 2.27 bits per heavy atom. The highest BCUT2D eigenvalue weighted by atomic mass is 19.1. The van der Waals surface area contributed by atoms with Gasteiger partial charge in [0.1, 0.15) is 0 Å². The van der Waals surface area contributed by atoms with E-state index < -0.39 is 11.6 Å². The molecule has 0 saturated heterocycles. The monoisotopic (exact) mass is 218 g/mol. The molecule has 0 aromatic heterocycles. The minimum atomic E-state index is -1.79. The van der Waals surface area contributed by atoms with E-state index in [2.05, 4.69) is 0 Å². The van der Waals surface area contributed by atoms with Crippen LogP contribution < -0.4 is 0 Å². The minimum absolute atomic E-state index is 0.199. The molecule has 0 fully saturated rings. The van der Waals surface area contributed by atoms with Crippen LogP contribution in [0.3, 0.4) is 0 Å². The van der Waals surface area contributed by atoms with Crippen molar-refractivity contribution in [1.29, 1.82) is 0 Å². The van der Waals surface area contributed by atoms with Crippen molar-refractivity contribution >= 4 is 5.97 Å². The fourth-order valence-corrected chi connectivity index (χ4v) is 1.96. The van der Waals surface area contributed by atoms with Gasteiger partial charge >= 0.3 is 5.97 Å². The molecule has 0 bridgehead atoms. The molecular weight excluding hydrogens is 195 g/mol. The van der Waals surface area contributed by atoms with Crippen LogP contribution in [0.25, 0.3) is 0 Å². The van der Waals surface area contributed by atoms with Gasteiger partial charge in [-0.05, 0) is 26.2 Å². The lowest BCUT2D eigenvalue weighted by Crippen LogP contribution is -2.42. The second-order valence-corrected chi connectivity index (χ2v) is 3.83. The lowest BCUT2D eigenvalue weighted by molar-refractivity contribution is -0.162. The summed E-state index contributed by atoms with van der Waals surface area (Å²) < 4.78 is 19.3. The Balaban J connectivity index is 4.70. The van der Waals surface area contributed by atoms with E-state index in [1.807, 2.05) is 13.8 Å². The highest BCUT2D eigenvalue weighted by molar-refractivity contribution is 5.79. The zero-order chi connectivity index (χ0) is 11.9. The summed E-state index contributed by atoms with van der Waals surface area (Å²) in [6, 6.07) is 0. The zero-order valence-corrected chi connectivity index (χ0v) is 10.3. The van der Waals surface area contributed by atoms with Gasteiger partial charge in [-0.15, -0.1) is 0 Å². The molecule has 0 N–H and O–H groups in total. The van der Waals surface area contributed by atoms with Crippen LogP contribution in [0.2, 0.25) is 0 Å². The van der Waals surface area contributed by atoms with E-state index in [0.29, 0.717) is 6.42 Å². The Bertz CT molecular complexity index is 194. The van der Waals surface area contributed by atoms with Gasteiger partial charge in [0, 0.05) is 5.92 Å². The summed E-state index contributed by atoms with van der Waals surface area (Å²) in [7, 11) is 0. The smallest absolute Gasteiger partial charge is 0.344 e. The first-order valence-corrected chi connectivity index (χ1v) is 5.92. The zero-order valence-electron chi connectivity index (χ0n) is 10.3. The Hall–Kier alpha value is -0.600. The van der Waals surface area contributed by atoms with E-state index in [1.165, 1.54) is 0 Å². The van der Waals surface area contributed by atoms with E-state index >= 15 is 0 Å². The molecule has 2 unspecified atom stereocenters. The molecule has 0 aromatic rings. The van der Waals surface area contributed by atoms with Crippen molar-refractivity contribution in [3.8, 4) is 0 Å². The molecule has 0 aliphatic rings. The van der Waals surface area contributed by atoms with Crippen LogP contribution in [0.5, 0.6) is 0 Å². The summed E-state index contributed by atoms with van der Waals surface area (Å²) >= 11 is 0. The molecule has 0 aliphatic heterocycles. The van der Waals surface area contributed by atoms with E-state index in [9.17, 15) is 9.18 Å². The van der Waals surface area contributed by atoms with Gasteiger partial charge in [-0.3, -0.25) is 0 Å². The van der Waals surface area contributed by atoms with Gasteiger partial charge in [-0.1, -0.05) is 27.2 Å². The van der Waals surface area contributed by atoms with Crippen LogP contribution in [-0.4, -0.2) is 18.2 Å². The average Bonchev–Trinajstić information content (AvgIpc) is 2.25. The second-order valence-electron chi connectivity index (χ2n) is 3.83. The summed E-state index contributed by atoms with van der Waals surface area (Å²) in [6.07, 6.45) is 2.50. The maximum atomic E-state index is 14.5. The highest BCUT2D eigenvalue weighted by Crippen LogP contribution is 2.33. The van der Waals surface area contributed by atoms with Crippen LogP contribution in [0, 0.1) is 5.92 Å². The standard InChI is InChI=1S/C12H23FO2/c1-5-9-10(6-2)12(13,7-3)11(14)15-8-4/h10H,5-9H2,1-4H3. The van der Waals surface area contributed by atoms with Crippen molar-refractivity contribution in [1.82, 2.24) is 0 Å².